The molecule has 23 heavy (non-hydrogen) atoms. The molecule has 2 atom stereocenters. The average Bonchev–Trinajstić information content (AvgIpc) is 2.93. The standard InChI is InChI=1S/C16H21ClN4OS/c1-10(2)15(22)21-6-3-4-11-9-20(7-5-13(11)21)16-12(8-18)14(17)19-23-16/h10-11,13H,3-7,9H2,1-2H3. The van der Waals surface area contributed by atoms with Crippen LogP contribution in [0.3, 0.4) is 0 Å². The molecule has 0 N–H and O–H groups in total. The molecule has 5 nitrogen and oxygen atoms in total. The smallest absolute Gasteiger partial charge is 0.225 e. The maximum Gasteiger partial charge on any atom is 0.225 e. The Morgan fingerprint density at radius 3 is 2.91 bits per heavy atom. The second kappa shape index (κ2) is 6.66. The van der Waals surface area contributed by atoms with Crippen molar-refractivity contribution in [2.45, 2.75) is 39.2 Å². The molecule has 1 aromatic heterocycles. The molecule has 0 saturated carbocycles. The fourth-order valence-electron chi connectivity index (χ4n) is 3.77. The van der Waals surface area contributed by atoms with Gasteiger partial charge in [0.15, 0.2) is 5.15 Å². The molecule has 7 heteroatoms. The zero-order chi connectivity index (χ0) is 16.6. The minimum atomic E-state index is 0.0530. The highest BCUT2D eigenvalue weighted by Crippen LogP contribution is 2.37. The third-order valence-electron chi connectivity index (χ3n) is 4.88. The summed E-state index contributed by atoms with van der Waals surface area (Å²) in [5.41, 5.74) is 0.487. The lowest BCUT2D eigenvalue weighted by atomic mass is 9.83. The molecule has 0 bridgehead atoms. The van der Waals surface area contributed by atoms with Crippen molar-refractivity contribution in [3.63, 3.8) is 0 Å². The lowest BCUT2D eigenvalue weighted by Crippen LogP contribution is -2.56. The third-order valence-corrected chi connectivity index (χ3v) is 6.16. The number of aromatic nitrogens is 1. The summed E-state index contributed by atoms with van der Waals surface area (Å²) in [5.74, 6) is 0.789. The highest BCUT2D eigenvalue weighted by Gasteiger charge is 2.39. The maximum atomic E-state index is 12.5. The molecule has 0 aromatic carbocycles. The second-order valence-corrected chi connectivity index (χ2v) is 7.77. The van der Waals surface area contributed by atoms with E-state index in [0.717, 1.165) is 43.9 Å². The number of carbonyl (C=O) groups is 1. The van der Waals surface area contributed by atoms with Crippen molar-refractivity contribution in [3.05, 3.63) is 10.7 Å². The number of anilines is 1. The quantitative estimate of drug-likeness (QED) is 0.820. The molecule has 2 unspecified atom stereocenters. The van der Waals surface area contributed by atoms with E-state index in [9.17, 15) is 10.1 Å². The van der Waals surface area contributed by atoms with Crippen LogP contribution in [0.2, 0.25) is 5.15 Å². The number of hydrogen-bond acceptors (Lipinski definition) is 5. The topological polar surface area (TPSA) is 60.2 Å². The van der Waals surface area contributed by atoms with Crippen molar-refractivity contribution in [1.29, 1.82) is 5.26 Å². The van der Waals surface area contributed by atoms with Gasteiger partial charge in [-0.25, -0.2) is 0 Å². The molecule has 2 aliphatic heterocycles. The van der Waals surface area contributed by atoms with Gasteiger partial charge in [-0.05, 0) is 36.7 Å². The van der Waals surface area contributed by atoms with Crippen LogP contribution in [0.25, 0.3) is 0 Å². The van der Waals surface area contributed by atoms with Gasteiger partial charge in [0, 0.05) is 31.6 Å². The van der Waals surface area contributed by atoms with Crippen molar-refractivity contribution in [1.82, 2.24) is 9.27 Å². The van der Waals surface area contributed by atoms with Gasteiger partial charge in [-0.2, -0.15) is 9.64 Å². The SMILES string of the molecule is CC(C)C(=O)N1CCCC2CN(c3snc(Cl)c3C#N)CCC21. The lowest BCUT2D eigenvalue weighted by molar-refractivity contribution is -0.140. The number of amides is 1. The second-order valence-electron chi connectivity index (χ2n) is 6.66. The van der Waals surface area contributed by atoms with E-state index in [-0.39, 0.29) is 11.8 Å². The summed E-state index contributed by atoms with van der Waals surface area (Å²) in [6, 6.07) is 2.50. The van der Waals surface area contributed by atoms with Gasteiger partial charge in [-0.15, -0.1) is 0 Å². The summed E-state index contributed by atoms with van der Waals surface area (Å²) >= 11 is 7.30. The molecule has 1 aromatic rings. The van der Waals surface area contributed by atoms with Crippen LogP contribution in [0.15, 0.2) is 0 Å². The molecule has 2 saturated heterocycles. The Bertz CT molecular complexity index is 639. The first kappa shape index (κ1) is 16.5. The van der Waals surface area contributed by atoms with E-state index < -0.39 is 0 Å². The lowest BCUT2D eigenvalue weighted by Gasteiger charge is -2.48. The molecule has 2 aliphatic rings. The maximum absolute atomic E-state index is 12.5. The van der Waals surface area contributed by atoms with Crippen molar-refractivity contribution in [3.8, 4) is 6.07 Å². The van der Waals surface area contributed by atoms with E-state index in [4.69, 9.17) is 11.6 Å². The Kier molecular flexibility index (Phi) is 4.79. The number of nitrogens with zero attached hydrogens (tertiary/aromatic N) is 4. The fourth-order valence-corrected chi connectivity index (χ4v) is 4.83. The zero-order valence-corrected chi connectivity index (χ0v) is 15.0. The molecule has 3 rings (SSSR count). The van der Waals surface area contributed by atoms with Gasteiger partial charge >= 0.3 is 0 Å². The highest BCUT2D eigenvalue weighted by atomic mass is 35.5. The van der Waals surface area contributed by atoms with E-state index in [1.54, 1.807) is 0 Å². The van der Waals surface area contributed by atoms with Crippen molar-refractivity contribution >= 4 is 34.0 Å². The van der Waals surface area contributed by atoms with Gasteiger partial charge in [-0.1, -0.05) is 25.4 Å². The minimum absolute atomic E-state index is 0.0530. The van der Waals surface area contributed by atoms with E-state index in [0.29, 0.717) is 22.7 Å². The normalized spacial score (nSPS) is 24.5. The molecule has 124 valence electrons. The number of rotatable bonds is 2. The van der Waals surface area contributed by atoms with Gasteiger partial charge < -0.3 is 9.80 Å². The first-order chi connectivity index (χ1) is 11.0. The van der Waals surface area contributed by atoms with Crippen molar-refractivity contribution in [2.24, 2.45) is 11.8 Å². The number of carbonyl (C=O) groups excluding carboxylic acids is 1. The van der Waals surface area contributed by atoms with Crippen LogP contribution in [0.5, 0.6) is 0 Å². The molecule has 0 spiro atoms. The van der Waals surface area contributed by atoms with Gasteiger partial charge in [0.2, 0.25) is 5.91 Å². The summed E-state index contributed by atoms with van der Waals surface area (Å²) in [4.78, 5) is 16.8. The summed E-state index contributed by atoms with van der Waals surface area (Å²) in [7, 11) is 0. The molecule has 0 aliphatic carbocycles. The molecule has 3 heterocycles. The molecule has 0 radical (unpaired) electrons. The number of hydrogen-bond donors (Lipinski definition) is 0. The van der Waals surface area contributed by atoms with E-state index >= 15 is 0 Å². The summed E-state index contributed by atoms with van der Waals surface area (Å²) < 4.78 is 4.11. The highest BCUT2D eigenvalue weighted by molar-refractivity contribution is 7.10. The van der Waals surface area contributed by atoms with Crippen molar-refractivity contribution in [2.75, 3.05) is 24.5 Å². The Morgan fingerprint density at radius 2 is 2.22 bits per heavy atom. The first-order valence-electron chi connectivity index (χ1n) is 8.13. The number of piperidine rings is 2. The van der Waals surface area contributed by atoms with Crippen molar-refractivity contribution < 1.29 is 4.79 Å². The van der Waals surface area contributed by atoms with E-state index in [2.05, 4.69) is 20.2 Å². The van der Waals surface area contributed by atoms with Crippen LogP contribution in [-0.4, -0.2) is 40.9 Å². The molecule has 2 fully saturated rings. The van der Waals surface area contributed by atoms with Crippen LogP contribution in [0, 0.1) is 23.2 Å². The largest absolute Gasteiger partial charge is 0.361 e. The van der Waals surface area contributed by atoms with E-state index in [1.165, 1.54) is 11.5 Å². The van der Waals surface area contributed by atoms with Crippen LogP contribution in [0.1, 0.15) is 38.7 Å². The molecule has 1 amide bonds. The fraction of sp³-hybridized carbons (Fsp3) is 0.688. The Balaban J connectivity index is 1.77. The number of nitriles is 1. The van der Waals surface area contributed by atoms with Gasteiger partial charge in [0.1, 0.15) is 16.6 Å². The average molecular weight is 353 g/mol. The number of likely N-dealkylation sites (tertiary alicyclic amines) is 1. The van der Waals surface area contributed by atoms with Gasteiger partial charge in [0.25, 0.3) is 0 Å². The Morgan fingerprint density at radius 1 is 1.43 bits per heavy atom. The van der Waals surface area contributed by atoms with E-state index in [1.807, 2.05) is 13.8 Å². The van der Waals surface area contributed by atoms with Crippen LogP contribution < -0.4 is 4.90 Å². The Hall–Kier alpha value is -1.32. The summed E-state index contributed by atoms with van der Waals surface area (Å²) in [6.07, 6.45) is 3.14. The van der Waals surface area contributed by atoms with Crippen LogP contribution in [-0.2, 0) is 4.79 Å². The number of halogens is 1. The predicted octanol–water partition coefficient (Wildman–Crippen LogP) is 3.14. The summed E-state index contributed by atoms with van der Waals surface area (Å²) in [5, 5.41) is 10.5. The Labute approximate surface area is 146 Å². The first-order valence-corrected chi connectivity index (χ1v) is 9.28. The number of fused-ring (bicyclic) bond motifs is 1. The monoisotopic (exact) mass is 352 g/mol. The summed E-state index contributed by atoms with van der Waals surface area (Å²) in [6.45, 7) is 6.54. The molecular weight excluding hydrogens is 332 g/mol. The van der Waals surface area contributed by atoms with Crippen LogP contribution in [0.4, 0.5) is 5.00 Å². The molecular formula is C16H21ClN4OS. The third kappa shape index (κ3) is 3.05. The minimum Gasteiger partial charge on any atom is -0.361 e. The zero-order valence-electron chi connectivity index (χ0n) is 13.5. The van der Waals surface area contributed by atoms with Gasteiger partial charge in [-0.3, -0.25) is 4.79 Å². The van der Waals surface area contributed by atoms with Crippen LogP contribution >= 0.6 is 23.1 Å². The van der Waals surface area contributed by atoms with Gasteiger partial charge in [0.05, 0.1) is 0 Å². The predicted molar refractivity (Wildman–Crippen MR) is 91.7 cm³/mol.